The fourth-order valence-electron chi connectivity index (χ4n) is 1.89. The number of hydrogen-bond acceptors (Lipinski definition) is 1. The fraction of sp³-hybridized carbons (Fsp3) is 0.286. The van der Waals surface area contributed by atoms with E-state index in [0.29, 0.717) is 6.54 Å². The molecule has 0 fully saturated rings. The molecule has 0 aliphatic rings. The number of benzene rings is 1. The Morgan fingerprint density at radius 3 is 2.88 bits per heavy atom. The summed E-state index contributed by atoms with van der Waals surface area (Å²) in [4.78, 5) is 0. The second-order valence-electron chi connectivity index (χ2n) is 4.10. The van der Waals surface area contributed by atoms with Gasteiger partial charge in [0.15, 0.2) is 0 Å². The third kappa shape index (κ3) is 2.67. The Hall–Kier alpha value is -1.77. The minimum Gasteiger partial charge on any atom is -0.379 e. The average molecular weight is 232 g/mol. The first kappa shape index (κ1) is 11.7. The molecular formula is C14H17FN2. The molecular weight excluding hydrogens is 215 g/mol. The minimum absolute atomic E-state index is 0.205. The molecule has 0 atom stereocenters. The molecule has 0 saturated heterocycles. The molecule has 2 rings (SSSR count). The van der Waals surface area contributed by atoms with Crippen LogP contribution in [0.1, 0.15) is 18.2 Å². The number of anilines is 1. The van der Waals surface area contributed by atoms with Gasteiger partial charge in [0.05, 0.1) is 6.54 Å². The Balaban J connectivity index is 2.09. The molecule has 1 aromatic heterocycles. The number of aryl methyl sites for hydroxylation is 2. The Morgan fingerprint density at radius 2 is 2.12 bits per heavy atom. The quantitative estimate of drug-likeness (QED) is 0.852. The van der Waals surface area contributed by atoms with E-state index < -0.39 is 0 Å². The zero-order chi connectivity index (χ0) is 12.3. The van der Waals surface area contributed by atoms with Gasteiger partial charge in [-0.1, -0.05) is 6.07 Å². The highest BCUT2D eigenvalue weighted by Gasteiger charge is 2.02. The molecule has 0 spiro atoms. The zero-order valence-electron chi connectivity index (χ0n) is 10.2. The standard InChI is InChI=1S/C14H17FN2/c1-3-17-8-4-5-13(17)10-16-14-9-12(15)7-6-11(14)2/h4-9,16H,3,10H2,1-2H3. The largest absolute Gasteiger partial charge is 0.379 e. The normalized spacial score (nSPS) is 10.5. The van der Waals surface area contributed by atoms with Gasteiger partial charge in [-0.25, -0.2) is 4.39 Å². The topological polar surface area (TPSA) is 17.0 Å². The molecule has 2 aromatic rings. The summed E-state index contributed by atoms with van der Waals surface area (Å²) in [6.45, 7) is 5.74. The van der Waals surface area contributed by atoms with Crippen LogP contribution in [0.2, 0.25) is 0 Å². The van der Waals surface area contributed by atoms with Gasteiger partial charge in [-0.3, -0.25) is 0 Å². The van der Waals surface area contributed by atoms with Crippen molar-refractivity contribution in [3.63, 3.8) is 0 Å². The molecule has 0 aliphatic heterocycles. The predicted octanol–water partition coefficient (Wildman–Crippen LogP) is 3.57. The first-order valence-electron chi connectivity index (χ1n) is 5.84. The van der Waals surface area contributed by atoms with Gasteiger partial charge in [0.2, 0.25) is 0 Å². The van der Waals surface area contributed by atoms with Crippen LogP contribution in [0.3, 0.4) is 0 Å². The maximum atomic E-state index is 13.1. The predicted molar refractivity (Wildman–Crippen MR) is 68.6 cm³/mol. The lowest BCUT2D eigenvalue weighted by Crippen LogP contribution is -2.06. The molecule has 1 N–H and O–H groups in total. The minimum atomic E-state index is -0.205. The van der Waals surface area contributed by atoms with Gasteiger partial charge in [-0.05, 0) is 43.7 Å². The number of halogens is 1. The van der Waals surface area contributed by atoms with Gasteiger partial charge >= 0.3 is 0 Å². The molecule has 1 heterocycles. The van der Waals surface area contributed by atoms with E-state index >= 15 is 0 Å². The van der Waals surface area contributed by atoms with Crippen LogP contribution < -0.4 is 5.32 Å². The maximum Gasteiger partial charge on any atom is 0.125 e. The molecule has 3 heteroatoms. The molecule has 0 amide bonds. The molecule has 1 aromatic carbocycles. The van der Waals surface area contributed by atoms with Gasteiger partial charge in [-0.2, -0.15) is 0 Å². The Morgan fingerprint density at radius 1 is 1.29 bits per heavy atom. The van der Waals surface area contributed by atoms with Gasteiger partial charge < -0.3 is 9.88 Å². The summed E-state index contributed by atoms with van der Waals surface area (Å²) in [7, 11) is 0. The van der Waals surface area contributed by atoms with E-state index in [-0.39, 0.29) is 5.82 Å². The smallest absolute Gasteiger partial charge is 0.125 e. The summed E-state index contributed by atoms with van der Waals surface area (Å²) in [5, 5.41) is 3.27. The van der Waals surface area contributed by atoms with Gasteiger partial charge in [0.1, 0.15) is 5.82 Å². The summed E-state index contributed by atoms with van der Waals surface area (Å²) in [5.74, 6) is -0.205. The summed E-state index contributed by atoms with van der Waals surface area (Å²) < 4.78 is 15.3. The van der Waals surface area contributed by atoms with E-state index in [1.807, 2.05) is 13.0 Å². The highest BCUT2D eigenvalue weighted by atomic mass is 19.1. The van der Waals surface area contributed by atoms with E-state index in [1.165, 1.54) is 17.8 Å². The number of nitrogens with zero attached hydrogens (tertiary/aromatic N) is 1. The van der Waals surface area contributed by atoms with Crippen LogP contribution in [0.15, 0.2) is 36.5 Å². The van der Waals surface area contributed by atoms with Crippen molar-refractivity contribution in [1.82, 2.24) is 4.57 Å². The molecule has 90 valence electrons. The van der Waals surface area contributed by atoms with Crippen molar-refractivity contribution < 1.29 is 4.39 Å². The van der Waals surface area contributed by atoms with Gasteiger partial charge in [0.25, 0.3) is 0 Å². The SMILES string of the molecule is CCn1cccc1CNc1cc(F)ccc1C. The van der Waals surface area contributed by atoms with Gasteiger partial charge in [0, 0.05) is 24.1 Å². The van der Waals surface area contributed by atoms with E-state index in [1.54, 1.807) is 6.07 Å². The Kier molecular flexibility index (Phi) is 3.47. The third-order valence-corrected chi connectivity index (χ3v) is 2.92. The van der Waals surface area contributed by atoms with Crippen LogP contribution in [0, 0.1) is 12.7 Å². The van der Waals surface area contributed by atoms with Crippen LogP contribution in [0.5, 0.6) is 0 Å². The van der Waals surface area contributed by atoms with E-state index in [4.69, 9.17) is 0 Å². The maximum absolute atomic E-state index is 13.1. The third-order valence-electron chi connectivity index (χ3n) is 2.92. The summed E-state index contributed by atoms with van der Waals surface area (Å²) >= 11 is 0. The van der Waals surface area contributed by atoms with E-state index in [0.717, 1.165) is 17.8 Å². The molecule has 0 unspecified atom stereocenters. The van der Waals surface area contributed by atoms with Crippen LogP contribution in [-0.2, 0) is 13.1 Å². The Labute approximate surface area is 101 Å². The second kappa shape index (κ2) is 5.04. The lowest BCUT2D eigenvalue weighted by atomic mass is 10.2. The molecule has 0 aliphatic carbocycles. The first-order chi connectivity index (χ1) is 8.20. The van der Waals surface area contributed by atoms with E-state index in [2.05, 4.69) is 29.1 Å². The number of rotatable bonds is 4. The van der Waals surface area contributed by atoms with Crippen molar-refractivity contribution in [2.75, 3.05) is 5.32 Å². The summed E-state index contributed by atoms with van der Waals surface area (Å²) in [6, 6.07) is 8.91. The molecule has 0 saturated carbocycles. The van der Waals surface area contributed by atoms with Crippen molar-refractivity contribution in [1.29, 1.82) is 0 Å². The Bertz CT molecular complexity index is 503. The average Bonchev–Trinajstić information content (AvgIpc) is 2.77. The molecule has 2 nitrogen and oxygen atoms in total. The van der Waals surface area contributed by atoms with Crippen molar-refractivity contribution in [3.05, 3.63) is 53.6 Å². The molecule has 0 bridgehead atoms. The number of hydrogen-bond donors (Lipinski definition) is 1. The van der Waals surface area contributed by atoms with Crippen LogP contribution >= 0.6 is 0 Å². The van der Waals surface area contributed by atoms with Gasteiger partial charge in [-0.15, -0.1) is 0 Å². The lowest BCUT2D eigenvalue weighted by molar-refractivity contribution is 0.627. The van der Waals surface area contributed by atoms with Crippen molar-refractivity contribution in [3.8, 4) is 0 Å². The van der Waals surface area contributed by atoms with E-state index in [9.17, 15) is 4.39 Å². The first-order valence-corrected chi connectivity index (χ1v) is 5.84. The molecule has 0 radical (unpaired) electrons. The second-order valence-corrected chi connectivity index (χ2v) is 4.10. The molecule has 17 heavy (non-hydrogen) atoms. The van der Waals surface area contributed by atoms with Crippen molar-refractivity contribution in [2.24, 2.45) is 0 Å². The number of nitrogens with one attached hydrogen (secondary N) is 1. The summed E-state index contributed by atoms with van der Waals surface area (Å²) in [5.41, 5.74) is 3.12. The van der Waals surface area contributed by atoms with Crippen LogP contribution in [0.25, 0.3) is 0 Å². The van der Waals surface area contributed by atoms with Crippen LogP contribution in [0.4, 0.5) is 10.1 Å². The highest BCUT2D eigenvalue weighted by molar-refractivity contribution is 5.50. The van der Waals surface area contributed by atoms with Crippen molar-refractivity contribution >= 4 is 5.69 Å². The van der Waals surface area contributed by atoms with Crippen molar-refractivity contribution in [2.45, 2.75) is 26.9 Å². The fourth-order valence-corrected chi connectivity index (χ4v) is 1.89. The highest BCUT2D eigenvalue weighted by Crippen LogP contribution is 2.17. The van der Waals surface area contributed by atoms with Crippen LogP contribution in [-0.4, -0.2) is 4.57 Å². The lowest BCUT2D eigenvalue weighted by Gasteiger charge is -2.11. The number of aromatic nitrogens is 1. The monoisotopic (exact) mass is 232 g/mol. The summed E-state index contributed by atoms with van der Waals surface area (Å²) in [6.07, 6.45) is 2.05. The zero-order valence-corrected chi connectivity index (χ0v) is 10.2.